The summed E-state index contributed by atoms with van der Waals surface area (Å²) >= 11 is 7.65. The van der Waals surface area contributed by atoms with Gasteiger partial charge in [0.2, 0.25) is 5.13 Å². The lowest BCUT2D eigenvalue weighted by Gasteiger charge is -2.38. The molecule has 0 atom stereocenters. The lowest BCUT2D eigenvalue weighted by atomic mass is 9.84. The van der Waals surface area contributed by atoms with Crippen molar-refractivity contribution in [1.29, 1.82) is 0 Å². The number of anilines is 1. The number of hydrogen-bond acceptors (Lipinski definition) is 6. The Morgan fingerprint density at radius 3 is 2.78 bits per heavy atom. The lowest BCUT2D eigenvalue weighted by molar-refractivity contribution is 0.0119. The van der Waals surface area contributed by atoms with E-state index >= 15 is 0 Å². The van der Waals surface area contributed by atoms with E-state index in [1.165, 1.54) is 11.5 Å². The molecule has 124 valence electrons. The fraction of sp³-hybridized carbons (Fsp3) is 0.500. The molecule has 1 saturated heterocycles. The highest BCUT2D eigenvalue weighted by Gasteiger charge is 2.36. The van der Waals surface area contributed by atoms with Crippen LogP contribution in [-0.2, 0) is 16.8 Å². The Kier molecular flexibility index (Phi) is 5.16. The van der Waals surface area contributed by atoms with Gasteiger partial charge in [0.05, 0.1) is 12.2 Å². The first-order valence-electron chi connectivity index (χ1n) is 7.66. The molecule has 0 bridgehead atoms. The molecule has 3 rings (SSSR count). The molecule has 0 amide bonds. The smallest absolute Gasteiger partial charge is 0.205 e. The van der Waals surface area contributed by atoms with Gasteiger partial charge in [-0.25, -0.2) is 4.98 Å². The third kappa shape index (κ3) is 3.66. The number of aromatic nitrogens is 2. The van der Waals surface area contributed by atoms with E-state index in [9.17, 15) is 5.11 Å². The van der Waals surface area contributed by atoms with Crippen LogP contribution in [0, 0.1) is 0 Å². The first kappa shape index (κ1) is 16.6. The summed E-state index contributed by atoms with van der Waals surface area (Å²) in [5.41, 5.74) is -0.0438. The zero-order chi connectivity index (χ0) is 16.3. The number of piperidine rings is 1. The first-order valence-corrected chi connectivity index (χ1v) is 8.81. The van der Waals surface area contributed by atoms with Crippen LogP contribution in [0.5, 0.6) is 0 Å². The molecule has 5 nitrogen and oxygen atoms in total. The van der Waals surface area contributed by atoms with Crippen LogP contribution in [0.3, 0.4) is 0 Å². The summed E-state index contributed by atoms with van der Waals surface area (Å²) in [7, 11) is 1.67. The molecule has 0 spiro atoms. The van der Waals surface area contributed by atoms with Gasteiger partial charge in [0.15, 0.2) is 0 Å². The van der Waals surface area contributed by atoms with E-state index in [2.05, 4.69) is 14.3 Å². The summed E-state index contributed by atoms with van der Waals surface area (Å²) in [5.74, 6) is 0.818. The van der Waals surface area contributed by atoms with Crippen molar-refractivity contribution < 1.29 is 9.84 Å². The first-order chi connectivity index (χ1) is 11.1. The van der Waals surface area contributed by atoms with Gasteiger partial charge < -0.3 is 14.7 Å². The molecule has 1 N–H and O–H groups in total. The molecule has 0 aliphatic carbocycles. The van der Waals surface area contributed by atoms with E-state index in [-0.39, 0.29) is 0 Å². The molecule has 0 saturated carbocycles. The van der Waals surface area contributed by atoms with Gasteiger partial charge >= 0.3 is 0 Å². The van der Waals surface area contributed by atoms with Gasteiger partial charge in [-0.3, -0.25) is 0 Å². The maximum atomic E-state index is 10.9. The van der Waals surface area contributed by atoms with Crippen molar-refractivity contribution in [2.24, 2.45) is 0 Å². The molecule has 2 aromatic rings. The molecule has 0 radical (unpaired) electrons. The maximum Gasteiger partial charge on any atom is 0.205 e. The van der Waals surface area contributed by atoms with Gasteiger partial charge in [-0.1, -0.05) is 29.8 Å². The monoisotopic (exact) mass is 353 g/mol. The molecular weight excluding hydrogens is 334 g/mol. The quantitative estimate of drug-likeness (QED) is 0.895. The van der Waals surface area contributed by atoms with Crippen molar-refractivity contribution in [1.82, 2.24) is 9.36 Å². The van der Waals surface area contributed by atoms with E-state index in [1.54, 1.807) is 7.11 Å². The van der Waals surface area contributed by atoms with Crippen LogP contribution < -0.4 is 4.90 Å². The van der Waals surface area contributed by atoms with Crippen molar-refractivity contribution in [3.05, 3.63) is 40.7 Å². The number of ether oxygens (including phenoxy) is 1. The van der Waals surface area contributed by atoms with Crippen LogP contribution in [0.2, 0.25) is 5.02 Å². The third-order valence-electron chi connectivity index (χ3n) is 4.22. The minimum absolute atomic E-state index is 0.626. The van der Waals surface area contributed by atoms with Crippen molar-refractivity contribution >= 4 is 28.3 Å². The molecule has 2 heterocycles. The molecule has 1 aromatic heterocycles. The molecular formula is C16H20ClN3O2S. The Hall–Kier alpha value is -1.21. The Labute approximate surface area is 145 Å². The summed E-state index contributed by atoms with van der Waals surface area (Å²) in [6.45, 7) is 2.10. The van der Waals surface area contributed by atoms with Crippen LogP contribution in [0.4, 0.5) is 5.13 Å². The fourth-order valence-electron chi connectivity index (χ4n) is 2.84. The Morgan fingerprint density at radius 2 is 2.09 bits per heavy atom. The van der Waals surface area contributed by atoms with Gasteiger partial charge in [-0.2, -0.15) is 4.37 Å². The predicted octanol–water partition coefficient (Wildman–Crippen LogP) is 2.87. The number of nitrogens with zero attached hydrogens (tertiary/aromatic N) is 3. The minimum Gasteiger partial charge on any atom is -0.385 e. The average molecular weight is 354 g/mol. The summed E-state index contributed by atoms with van der Waals surface area (Å²) in [6.07, 6.45) is 1.98. The van der Waals surface area contributed by atoms with E-state index in [0.717, 1.165) is 36.0 Å². The Morgan fingerprint density at radius 1 is 1.35 bits per heavy atom. The number of halogens is 1. The predicted molar refractivity (Wildman–Crippen MR) is 92.3 cm³/mol. The number of benzene rings is 1. The second-order valence-corrected chi connectivity index (χ2v) is 6.87. The van der Waals surface area contributed by atoms with E-state index in [1.807, 2.05) is 24.3 Å². The van der Waals surface area contributed by atoms with Crippen molar-refractivity contribution in [3.63, 3.8) is 0 Å². The van der Waals surface area contributed by atoms with Crippen LogP contribution >= 0.6 is 23.1 Å². The molecule has 1 aliphatic rings. The number of rotatable bonds is 5. The fourth-order valence-corrected chi connectivity index (χ4v) is 3.92. The summed E-state index contributed by atoms with van der Waals surface area (Å²) in [6, 6.07) is 7.53. The summed E-state index contributed by atoms with van der Waals surface area (Å²) < 4.78 is 9.42. The average Bonchev–Trinajstić information content (AvgIpc) is 3.03. The van der Waals surface area contributed by atoms with Gasteiger partial charge in [0.1, 0.15) is 5.82 Å². The Balaban J connectivity index is 1.66. The second-order valence-electron chi connectivity index (χ2n) is 5.73. The second kappa shape index (κ2) is 7.13. The standard InChI is InChI=1S/C16H20ClN3O2S/c1-22-11-6-14-18-15(23-19-14)20-9-7-16(21,8-10-20)12-4-2-3-5-13(12)17/h2-5,21H,6-11H2,1H3. The highest BCUT2D eigenvalue weighted by molar-refractivity contribution is 7.09. The minimum atomic E-state index is -0.863. The molecule has 1 aliphatic heterocycles. The number of aliphatic hydroxyl groups is 1. The highest BCUT2D eigenvalue weighted by Crippen LogP contribution is 2.38. The van der Waals surface area contributed by atoms with Crippen LogP contribution in [0.1, 0.15) is 24.2 Å². The Bertz CT molecular complexity index is 656. The normalized spacial score (nSPS) is 17.4. The molecule has 7 heteroatoms. The highest BCUT2D eigenvalue weighted by atomic mass is 35.5. The van der Waals surface area contributed by atoms with Crippen LogP contribution in [0.15, 0.2) is 24.3 Å². The van der Waals surface area contributed by atoms with Gasteiger partial charge in [0.25, 0.3) is 0 Å². The van der Waals surface area contributed by atoms with Crippen LogP contribution in [-0.4, -0.2) is 41.3 Å². The van der Waals surface area contributed by atoms with E-state index in [0.29, 0.717) is 24.5 Å². The summed E-state index contributed by atoms with van der Waals surface area (Å²) in [5, 5.41) is 12.5. The number of methoxy groups -OCH3 is 1. The van der Waals surface area contributed by atoms with Gasteiger partial charge in [-0.15, -0.1) is 0 Å². The SMILES string of the molecule is COCCc1nsc(N2CCC(O)(c3ccccc3Cl)CC2)n1. The van der Waals surface area contributed by atoms with Crippen molar-refractivity contribution in [2.45, 2.75) is 24.9 Å². The zero-order valence-corrected chi connectivity index (χ0v) is 14.6. The third-order valence-corrected chi connectivity index (χ3v) is 5.37. The van der Waals surface area contributed by atoms with Gasteiger partial charge in [-0.05, 0) is 18.9 Å². The molecule has 23 heavy (non-hydrogen) atoms. The van der Waals surface area contributed by atoms with E-state index in [4.69, 9.17) is 16.3 Å². The number of hydrogen-bond donors (Lipinski definition) is 1. The van der Waals surface area contributed by atoms with Gasteiger partial charge in [0, 0.05) is 48.7 Å². The zero-order valence-electron chi connectivity index (χ0n) is 13.0. The molecule has 1 aromatic carbocycles. The largest absolute Gasteiger partial charge is 0.385 e. The van der Waals surface area contributed by atoms with Crippen molar-refractivity contribution in [3.8, 4) is 0 Å². The van der Waals surface area contributed by atoms with E-state index < -0.39 is 5.60 Å². The lowest BCUT2D eigenvalue weighted by Crippen LogP contribution is -2.42. The molecule has 1 fully saturated rings. The van der Waals surface area contributed by atoms with Crippen LogP contribution in [0.25, 0.3) is 0 Å². The summed E-state index contributed by atoms with van der Waals surface area (Å²) in [4.78, 5) is 6.73. The maximum absolute atomic E-state index is 10.9. The topological polar surface area (TPSA) is 58.5 Å². The molecule has 0 unspecified atom stereocenters. The van der Waals surface area contributed by atoms with Crippen molar-refractivity contribution in [2.75, 3.05) is 31.7 Å².